The summed E-state index contributed by atoms with van der Waals surface area (Å²) in [5, 5.41) is 4.87. The first-order valence-corrected chi connectivity index (χ1v) is 10.7. The van der Waals surface area contributed by atoms with Crippen LogP contribution in [0.15, 0.2) is 85.1 Å². The van der Waals surface area contributed by atoms with E-state index in [-0.39, 0.29) is 5.91 Å². The molecule has 0 aliphatic carbocycles. The van der Waals surface area contributed by atoms with Crippen molar-refractivity contribution in [2.45, 2.75) is 5.79 Å². The van der Waals surface area contributed by atoms with E-state index >= 15 is 0 Å². The van der Waals surface area contributed by atoms with Crippen molar-refractivity contribution in [1.29, 1.82) is 0 Å². The van der Waals surface area contributed by atoms with Crippen molar-refractivity contribution in [3.05, 3.63) is 90.6 Å². The third kappa shape index (κ3) is 2.97. The molecular formula is C26H21N3O4. The summed E-state index contributed by atoms with van der Waals surface area (Å²) in [6.45, 7) is 0.727. The number of benzene rings is 3. The Balaban J connectivity index is 1.56. The van der Waals surface area contributed by atoms with Crippen LogP contribution >= 0.6 is 0 Å². The topological polar surface area (TPSA) is 65.8 Å². The van der Waals surface area contributed by atoms with Gasteiger partial charge in [-0.05, 0) is 42.5 Å². The molecule has 1 amide bonds. The van der Waals surface area contributed by atoms with Crippen LogP contribution in [-0.4, -0.2) is 36.0 Å². The van der Waals surface area contributed by atoms with Crippen LogP contribution in [0.2, 0.25) is 0 Å². The second-order valence-electron chi connectivity index (χ2n) is 7.84. The molecule has 7 heteroatoms. The highest BCUT2D eigenvalue weighted by atomic mass is 16.7. The van der Waals surface area contributed by atoms with E-state index in [9.17, 15) is 4.79 Å². The zero-order valence-electron chi connectivity index (χ0n) is 18.0. The third-order valence-electron chi connectivity index (χ3n) is 6.00. The Hall–Kier alpha value is -3.94. The molecule has 0 saturated carbocycles. The summed E-state index contributed by atoms with van der Waals surface area (Å²) >= 11 is 0. The van der Waals surface area contributed by atoms with Crippen LogP contribution in [0.5, 0.6) is 5.75 Å². The Kier molecular flexibility index (Phi) is 4.53. The van der Waals surface area contributed by atoms with E-state index in [2.05, 4.69) is 0 Å². The molecule has 0 atom stereocenters. The minimum absolute atomic E-state index is 0.274. The summed E-state index contributed by atoms with van der Waals surface area (Å²) in [6, 6.07) is 25.0. The predicted molar refractivity (Wildman–Crippen MR) is 123 cm³/mol. The maximum atomic E-state index is 13.8. The number of fused-ring (bicyclic) bond motifs is 2. The summed E-state index contributed by atoms with van der Waals surface area (Å²) in [7, 11) is 1.63. The number of hydrogen-bond donors (Lipinski definition) is 0. The van der Waals surface area contributed by atoms with Crippen molar-refractivity contribution in [3.63, 3.8) is 0 Å². The summed E-state index contributed by atoms with van der Waals surface area (Å²) in [5.41, 5.74) is 4.51. The minimum Gasteiger partial charge on any atom is -0.497 e. The van der Waals surface area contributed by atoms with E-state index in [0.717, 1.165) is 22.7 Å². The molecule has 2 aliphatic heterocycles. The average Bonchev–Trinajstić information content (AvgIpc) is 3.59. The van der Waals surface area contributed by atoms with Crippen molar-refractivity contribution in [1.82, 2.24) is 9.78 Å². The van der Waals surface area contributed by atoms with Gasteiger partial charge in [0, 0.05) is 11.1 Å². The molecule has 33 heavy (non-hydrogen) atoms. The van der Waals surface area contributed by atoms with Gasteiger partial charge < -0.3 is 14.2 Å². The molecule has 6 rings (SSSR count). The average molecular weight is 439 g/mol. The number of hydrogen-bond acceptors (Lipinski definition) is 5. The quantitative estimate of drug-likeness (QED) is 0.471. The smallest absolute Gasteiger partial charge is 0.297 e. The molecule has 2 aliphatic rings. The molecule has 3 heterocycles. The minimum atomic E-state index is -1.41. The molecule has 1 saturated heterocycles. The molecule has 0 radical (unpaired) electrons. The lowest BCUT2D eigenvalue weighted by Crippen LogP contribution is -2.39. The van der Waals surface area contributed by atoms with Gasteiger partial charge in [-0.15, -0.1) is 0 Å². The molecule has 0 unspecified atom stereocenters. The third-order valence-corrected chi connectivity index (χ3v) is 6.00. The second-order valence-corrected chi connectivity index (χ2v) is 7.84. The van der Waals surface area contributed by atoms with E-state index in [1.165, 1.54) is 0 Å². The lowest BCUT2D eigenvalue weighted by molar-refractivity contribution is -0.180. The van der Waals surface area contributed by atoms with Gasteiger partial charge >= 0.3 is 0 Å². The molecule has 0 bridgehead atoms. The fraction of sp³-hybridized carbons (Fsp3) is 0.154. The van der Waals surface area contributed by atoms with Crippen LogP contribution in [0.25, 0.3) is 16.9 Å². The molecule has 0 N–H and O–H groups in total. The zero-order valence-corrected chi connectivity index (χ0v) is 18.0. The normalized spacial score (nSPS) is 16.4. The number of amides is 1. The Labute approximate surface area is 190 Å². The first kappa shape index (κ1) is 19.7. The molecule has 1 fully saturated rings. The van der Waals surface area contributed by atoms with Crippen LogP contribution < -0.4 is 9.64 Å². The van der Waals surface area contributed by atoms with Gasteiger partial charge in [0.2, 0.25) is 0 Å². The number of rotatable bonds is 4. The van der Waals surface area contributed by atoms with E-state index in [1.54, 1.807) is 16.7 Å². The van der Waals surface area contributed by atoms with Gasteiger partial charge in [-0.25, -0.2) is 4.68 Å². The SMILES string of the molecule is COc1ccc(-c2nn(-c3ccccc3)cc2N2C(=O)C3(OCCO3)c3ccccc32)cc1. The highest BCUT2D eigenvalue weighted by Gasteiger charge is 2.57. The summed E-state index contributed by atoms with van der Waals surface area (Å²) in [4.78, 5) is 15.5. The standard InChI is InChI=1S/C26H21N3O4/c1-31-20-13-11-18(12-14-20)24-23(17-28(27-24)19-7-3-2-4-8-19)29-22-10-6-5-9-21(22)26(25(29)30)32-15-16-33-26/h2-14,17H,15-16H2,1H3. The van der Waals surface area contributed by atoms with Crippen molar-refractivity contribution in [2.75, 3.05) is 25.2 Å². The number of aromatic nitrogens is 2. The Morgan fingerprint density at radius 2 is 1.58 bits per heavy atom. The van der Waals surface area contributed by atoms with Gasteiger partial charge in [-0.3, -0.25) is 9.69 Å². The first-order chi connectivity index (χ1) is 16.2. The number of carbonyl (C=O) groups is 1. The van der Waals surface area contributed by atoms with Gasteiger partial charge in [-0.1, -0.05) is 36.4 Å². The summed E-state index contributed by atoms with van der Waals surface area (Å²) in [6.07, 6.45) is 1.87. The summed E-state index contributed by atoms with van der Waals surface area (Å²) in [5.74, 6) is -0.941. The van der Waals surface area contributed by atoms with Crippen LogP contribution in [-0.2, 0) is 20.1 Å². The molecule has 7 nitrogen and oxygen atoms in total. The number of methoxy groups -OCH3 is 1. The molecular weight excluding hydrogens is 418 g/mol. The molecule has 1 spiro atoms. The van der Waals surface area contributed by atoms with Crippen LogP contribution in [0.3, 0.4) is 0 Å². The van der Waals surface area contributed by atoms with E-state index in [0.29, 0.717) is 30.2 Å². The van der Waals surface area contributed by atoms with Crippen molar-refractivity contribution < 1.29 is 19.0 Å². The summed E-state index contributed by atoms with van der Waals surface area (Å²) < 4.78 is 18.9. The fourth-order valence-electron chi connectivity index (χ4n) is 4.45. The Morgan fingerprint density at radius 3 is 2.30 bits per heavy atom. The van der Waals surface area contributed by atoms with Gasteiger partial charge in [0.15, 0.2) is 0 Å². The van der Waals surface area contributed by atoms with E-state index < -0.39 is 5.79 Å². The zero-order chi connectivity index (χ0) is 22.4. The Bertz CT molecular complexity index is 1330. The number of anilines is 2. The lowest BCUT2D eigenvalue weighted by atomic mass is 10.1. The van der Waals surface area contributed by atoms with Gasteiger partial charge in [-0.2, -0.15) is 5.10 Å². The molecule has 3 aromatic carbocycles. The largest absolute Gasteiger partial charge is 0.497 e. The molecule has 164 valence electrons. The number of nitrogens with zero attached hydrogens (tertiary/aromatic N) is 3. The van der Waals surface area contributed by atoms with Crippen LogP contribution in [0.4, 0.5) is 11.4 Å². The van der Waals surface area contributed by atoms with Crippen LogP contribution in [0, 0.1) is 0 Å². The highest BCUT2D eigenvalue weighted by molar-refractivity contribution is 6.13. The first-order valence-electron chi connectivity index (χ1n) is 10.7. The molecule has 1 aromatic heterocycles. The van der Waals surface area contributed by atoms with Crippen molar-refractivity contribution in [2.24, 2.45) is 0 Å². The second kappa shape index (κ2) is 7.58. The van der Waals surface area contributed by atoms with E-state index in [1.807, 2.05) is 85.1 Å². The number of carbonyl (C=O) groups excluding carboxylic acids is 1. The van der Waals surface area contributed by atoms with Crippen LogP contribution in [0.1, 0.15) is 5.56 Å². The number of para-hydroxylation sites is 2. The van der Waals surface area contributed by atoms with E-state index in [4.69, 9.17) is 19.3 Å². The number of ether oxygens (including phenoxy) is 3. The molecule has 4 aromatic rings. The maximum absolute atomic E-state index is 13.8. The maximum Gasteiger partial charge on any atom is 0.297 e. The fourth-order valence-corrected chi connectivity index (χ4v) is 4.45. The lowest BCUT2D eigenvalue weighted by Gasteiger charge is -2.22. The van der Waals surface area contributed by atoms with Gasteiger partial charge in [0.1, 0.15) is 11.4 Å². The van der Waals surface area contributed by atoms with Crippen molar-refractivity contribution in [3.8, 4) is 22.7 Å². The highest BCUT2D eigenvalue weighted by Crippen LogP contribution is 2.50. The monoisotopic (exact) mass is 439 g/mol. The predicted octanol–water partition coefficient (Wildman–Crippen LogP) is 4.43. The van der Waals surface area contributed by atoms with Crippen molar-refractivity contribution >= 4 is 17.3 Å². The Morgan fingerprint density at radius 1 is 0.879 bits per heavy atom. The van der Waals surface area contributed by atoms with Gasteiger partial charge in [0.25, 0.3) is 11.7 Å². The van der Waals surface area contributed by atoms with Gasteiger partial charge in [0.05, 0.1) is 43.6 Å².